The van der Waals surface area contributed by atoms with Gasteiger partial charge in [0.25, 0.3) is 0 Å². The molecular weight excluding hydrogens is 426 g/mol. The SMILES string of the molecule is Br.O=S(=O)(NS(=O)(=O)C(F)(F)F)C(F)(F)F.c1nc[nH]n1. The summed E-state index contributed by atoms with van der Waals surface area (Å²) in [5.41, 5.74) is -12.3. The zero-order valence-corrected chi connectivity index (χ0v) is 12.5. The summed E-state index contributed by atoms with van der Waals surface area (Å²) in [5, 5.41) is 5.99. The van der Waals surface area contributed by atoms with E-state index in [0.29, 0.717) is 0 Å². The highest BCUT2D eigenvalue weighted by Gasteiger charge is 2.55. The fraction of sp³-hybridized carbons (Fsp3) is 0.500. The van der Waals surface area contributed by atoms with Gasteiger partial charge in [0.15, 0.2) is 0 Å². The molecule has 1 aromatic rings. The Labute approximate surface area is 123 Å². The van der Waals surface area contributed by atoms with E-state index in [-0.39, 0.29) is 17.0 Å². The molecule has 21 heavy (non-hydrogen) atoms. The molecule has 2 N–H and O–H groups in total. The molecule has 0 aliphatic heterocycles. The van der Waals surface area contributed by atoms with E-state index in [1.807, 2.05) is 0 Å². The Morgan fingerprint density at radius 1 is 0.905 bits per heavy atom. The highest BCUT2D eigenvalue weighted by atomic mass is 79.9. The van der Waals surface area contributed by atoms with Crippen LogP contribution in [0.5, 0.6) is 0 Å². The molecule has 0 atom stereocenters. The number of nitrogens with one attached hydrogen (secondary N) is 2. The fourth-order valence-corrected chi connectivity index (χ4v) is 2.32. The van der Waals surface area contributed by atoms with Crippen LogP contribution in [0.1, 0.15) is 0 Å². The second-order valence-corrected chi connectivity index (χ2v) is 6.24. The first-order chi connectivity index (χ1) is 8.71. The largest absolute Gasteiger partial charge is 0.512 e. The summed E-state index contributed by atoms with van der Waals surface area (Å²) in [7, 11) is -13.2. The van der Waals surface area contributed by atoms with Gasteiger partial charge < -0.3 is 0 Å². The Morgan fingerprint density at radius 3 is 1.43 bits per heavy atom. The Bertz CT molecular complexity index is 549. The maximum Gasteiger partial charge on any atom is 0.512 e. The summed E-state index contributed by atoms with van der Waals surface area (Å²) in [6.07, 6.45) is 2.96. The first-order valence-electron chi connectivity index (χ1n) is 3.90. The molecule has 8 nitrogen and oxygen atoms in total. The molecule has 1 rings (SSSR count). The topological polar surface area (TPSA) is 122 Å². The van der Waals surface area contributed by atoms with Crippen LogP contribution in [0.15, 0.2) is 12.7 Å². The van der Waals surface area contributed by atoms with Crippen LogP contribution in [0.3, 0.4) is 0 Å². The number of halogens is 7. The van der Waals surface area contributed by atoms with Crippen molar-refractivity contribution in [1.82, 2.24) is 19.3 Å². The van der Waals surface area contributed by atoms with Gasteiger partial charge in [-0.15, -0.1) is 17.0 Å². The highest BCUT2D eigenvalue weighted by Crippen LogP contribution is 2.27. The number of sulfonamides is 2. The Hall–Kier alpha value is -0.940. The number of aromatic nitrogens is 3. The van der Waals surface area contributed by atoms with Gasteiger partial charge in [0.2, 0.25) is 0 Å². The van der Waals surface area contributed by atoms with Crippen molar-refractivity contribution < 1.29 is 43.2 Å². The molecule has 0 fully saturated rings. The lowest BCUT2D eigenvalue weighted by Gasteiger charge is -2.11. The highest BCUT2D eigenvalue weighted by molar-refractivity contribution is 8.93. The summed E-state index contributed by atoms with van der Waals surface area (Å²) < 4.78 is 108. The Kier molecular flexibility index (Phi) is 7.83. The predicted molar refractivity (Wildman–Crippen MR) is 59.8 cm³/mol. The van der Waals surface area contributed by atoms with Crippen molar-refractivity contribution in [3.05, 3.63) is 12.7 Å². The summed E-state index contributed by atoms with van der Waals surface area (Å²) in [4.78, 5) is 3.56. The van der Waals surface area contributed by atoms with Crippen LogP contribution in [-0.2, 0) is 20.0 Å². The molecular formula is C4H5BrF6N4O4S2. The van der Waals surface area contributed by atoms with Gasteiger partial charge in [-0.25, -0.2) is 21.8 Å². The number of aromatic amines is 1. The van der Waals surface area contributed by atoms with Gasteiger partial charge in [0.05, 0.1) is 0 Å². The van der Waals surface area contributed by atoms with E-state index in [9.17, 15) is 43.2 Å². The first-order valence-corrected chi connectivity index (χ1v) is 6.87. The molecule has 0 aliphatic carbocycles. The maximum atomic E-state index is 11.5. The van der Waals surface area contributed by atoms with Gasteiger partial charge in [-0.05, 0) is 0 Å². The van der Waals surface area contributed by atoms with Crippen LogP contribution in [0.4, 0.5) is 26.3 Å². The van der Waals surface area contributed by atoms with Crippen molar-refractivity contribution in [3.8, 4) is 0 Å². The third-order valence-electron chi connectivity index (χ3n) is 1.16. The van der Waals surface area contributed by atoms with E-state index in [1.54, 1.807) is 0 Å². The van der Waals surface area contributed by atoms with Gasteiger partial charge in [0.1, 0.15) is 12.7 Å². The lowest BCUT2D eigenvalue weighted by atomic mass is 11.3. The molecule has 17 heteroatoms. The van der Waals surface area contributed by atoms with Gasteiger partial charge in [-0.1, -0.05) is 4.13 Å². The lowest BCUT2D eigenvalue weighted by Crippen LogP contribution is -2.45. The van der Waals surface area contributed by atoms with E-state index >= 15 is 0 Å². The molecule has 0 aliphatic rings. The minimum Gasteiger partial charge on any atom is -0.266 e. The normalized spacial score (nSPS) is 12.9. The third kappa shape index (κ3) is 7.05. The standard InChI is InChI=1S/C2HF6NO4S2.C2H3N3.BrH/c3-1(4,5)14(10,11)9-15(12,13)2(6,7)8;1-3-2-5-4-1;/h9H;1-2H,(H,3,4,5);1H. The summed E-state index contributed by atoms with van der Waals surface area (Å²) >= 11 is 0. The summed E-state index contributed by atoms with van der Waals surface area (Å²) in [6.45, 7) is 0. The van der Waals surface area contributed by atoms with Crippen molar-refractivity contribution in [3.63, 3.8) is 0 Å². The number of hydrogen-bond donors (Lipinski definition) is 2. The number of rotatable bonds is 2. The zero-order valence-electron chi connectivity index (χ0n) is 9.17. The molecule has 0 saturated carbocycles. The van der Waals surface area contributed by atoms with Gasteiger partial charge in [0, 0.05) is 0 Å². The Morgan fingerprint density at radius 2 is 1.29 bits per heavy atom. The van der Waals surface area contributed by atoms with E-state index in [4.69, 9.17) is 0 Å². The minimum atomic E-state index is -6.60. The third-order valence-corrected chi connectivity index (χ3v) is 4.13. The smallest absolute Gasteiger partial charge is 0.266 e. The second-order valence-electron chi connectivity index (χ2n) is 2.63. The van der Waals surface area contributed by atoms with E-state index < -0.39 is 35.2 Å². The Balaban J connectivity index is 0. The molecule has 126 valence electrons. The van der Waals surface area contributed by atoms with Gasteiger partial charge in [-0.3, -0.25) is 5.10 Å². The number of hydrogen-bond acceptors (Lipinski definition) is 6. The fourth-order valence-electron chi connectivity index (χ4n) is 0.406. The van der Waals surface area contributed by atoms with Crippen molar-refractivity contribution in [2.45, 2.75) is 11.0 Å². The predicted octanol–water partition coefficient (Wildman–Crippen LogP) is 0.658. The van der Waals surface area contributed by atoms with E-state index in [2.05, 4.69) is 15.2 Å². The first kappa shape index (κ1) is 22.3. The maximum absolute atomic E-state index is 11.5. The van der Waals surface area contributed by atoms with Crippen molar-refractivity contribution in [2.75, 3.05) is 0 Å². The molecule has 0 amide bonds. The van der Waals surface area contributed by atoms with E-state index in [0.717, 1.165) is 0 Å². The number of H-pyrrole nitrogens is 1. The lowest BCUT2D eigenvalue weighted by molar-refractivity contribution is -0.0476. The zero-order chi connectivity index (χ0) is 16.2. The van der Waals surface area contributed by atoms with Crippen LogP contribution >= 0.6 is 17.0 Å². The van der Waals surface area contributed by atoms with Crippen molar-refractivity contribution in [2.24, 2.45) is 0 Å². The van der Waals surface area contributed by atoms with Crippen LogP contribution in [0, 0.1) is 0 Å². The number of nitrogens with zero attached hydrogens (tertiary/aromatic N) is 2. The molecule has 1 aromatic heterocycles. The summed E-state index contributed by atoms with van der Waals surface area (Å²) in [5.74, 6) is 0. The van der Waals surface area contributed by atoms with Crippen molar-refractivity contribution >= 4 is 37.0 Å². The average molecular weight is 431 g/mol. The molecule has 0 radical (unpaired) electrons. The monoisotopic (exact) mass is 430 g/mol. The second kappa shape index (κ2) is 7.36. The van der Waals surface area contributed by atoms with E-state index in [1.165, 1.54) is 12.7 Å². The molecule has 0 aromatic carbocycles. The molecule has 1 heterocycles. The molecule has 0 unspecified atom stereocenters. The van der Waals surface area contributed by atoms with Crippen molar-refractivity contribution in [1.29, 1.82) is 0 Å². The van der Waals surface area contributed by atoms with Gasteiger partial charge in [-0.2, -0.15) is 31.4 Å². The van der Waals surface area contributed by atoms with Crippen LogP contribution in [0.25, 0.3) is 0 Å². The quantitative estimate of drug-likeness (QED) is 0.664. The average Bonchev–Trinajstić information content (AvgIpc) is 2.68. The van der Waals surface area contributed by atoms with Crippen LogP contribution in [0.2, 0.25) is 0 Å². The van der Waals surface area contributed by atoms with Gasteiger partial charge >= 0.3 is 31.1 Å². The molecule has 0 spiro atoms. The van der Waals surface area contributed by atoms with Crippen LogP contribution < -0.4 is 4.13 Å². The molecule has 0 bridgehead atoms. The van der Waals surface area contributed by atoms with Crippen LogP contribution in [-0.4, -0.2) is 43.0 Å². The minimum absolute atomic E-state index is 0. The summed E-state index contributed by atoms with van der Waals surface area (Å²) in [6, 6.07) is 0. The molecule has 0 saturated heterocycles. The number of alkyl halides is 6.